The standard InChI is InChI=1S/C35H36N6O6.C20H20BrNO3.C15H16ClN5O3/c1-35(2,3)23-9-10-25-30(18-23)47-17-14-41(33(25)44)29-7-5-6-24(26(29)21-42)27-19-28(34(45)39(4)38-27)37-31-11-8-22(20-36-31)32(43)40-12-15-46-16-13-40;1-20(2,3)13-7-8-14-18(11-13)25-10-9-22(19(14)24)17-6-4-5-16(21)15(17)12-23;1-20-15(23)11(8-12(16)19-20)18-13-3-2-10(9-17-13)14(22)21-4-6-24-7-5-21/h5-11,18-21H,12-17H2,1-4H3,(H,36,37);4-8,11-12H,9-10H2,1-3H3;2-3,8-9H,4-7H2,1H3,(H,17,18). The Kier molecular flexibility index (Phi) is 21.4. The van der Waals surface area contributed by atoms with Crippen molar-refractivity contribution in [1.82, 2.24) is 39.3 Å². The summed E-state index contributed by atoms with van der Waals surface area (Å²) in [5, 5.41) is 14.4. The Hall–Kier alpha value is -9.95. The summed E-state index contributed by atoms with van der Waals surface area (Å²) in [5.41, 5.74) is 6.04. The number of morpholine rings is 2. The summed E-state index contributed by atoms with van der Waals surface area (Å²) in [6, 6.07) is 31.4. The Morgan fingerprint density at radius 1 is 0.531 bits per heavy atom. The SMILES string of the molecule is CC(C)(C)c1ccc2c(c1)OCCN(c1cccc(Br)c1C=O)C2=O.Cn1nc(-c2cccc(N3CCOc4cc(C(C)(C)C)ccc4C3=O)c2C=O)cc(Nc2ccc(C(=O)N3CCOCC3)cn2)c1=O.Cn1nc(Cl)cc(Nc2ccc(C(=O)N3CCOCC3)cn2)c1=O. The summed E-state index contributed by atoms with van der Waals surface area (Å²) in [6.07, 6.45) is 4.40. The molecule has 2 fully saturated rings. The quantitative estimate of drug-likeness (QED) is 0.114. The van der Waals surface area contributed by atoms with Gasteiger partial charge in [-0.05, 0) is 111 Å². The molecule has 12 rings (SSSR count). The third-order valence-corrected chi connectivity index (χ3v) is 17.1. The minimum atomic E-state index is -0.418. The maximum absolute atomic E-state index is 13.8. The first-order valence-electron chi connectivity index (χ1n) is 31.0. The average Bonchev–Trinajstić information content (AvgIpc) is 1.30. The second-order valence-corrected chi connectivity index (χ2v) is 26.0. The van der Waals surface area contributed by atoms with Gasteiger partial charge in [0.1, 0.15) is 47.7 Å². The maximum atomic E-state index is 13.8. The number of carbonyl (C=O) groups excluding carboxylic acids is 6. The van der Waals surface area contributed by atoms with Crippen molar-refractivity contribution < 1.29 is 47.7 Å². The number of anilines is 6. The molecule has 96 heavy (non-hydrogen) atoms. The topological polar surface area (TPSA) is 272 Å². The Balaban J connectivity index is 0.000000172. The van der Waals surface area contributed by atoms with Crippen molar-refractivity contribution in [3.05, 3.63) is 196 Å². The fourth-order valence-electron chi connectivity index (χ4n) is 10.9. The van der Waals surface area contributed by atoms with Crippen LogP contribution >= 0.6 is 27.5 Å². The fourth-order valence-corrected chi connectivity index (χ4v) is 11.6. The number of nitrogens with one attached hydrogen (secondary N) is 2. The predicted molar refractivity (Wildman–Crippen MR) is 367 cm³/mol. The molecule has 0 radical (unpaired) electrons. The van der Waals surface area contributed by atoms with Crippen molar-refractivity contribution in [3.8, 4) is 22.8 Å². The third-order valence-electron chi connectivity index (χ3n) is 16.2. The van der Waals surface area contributed by atoms with E-state index in [2.05, 4.69) is 88.3 Å². The summed E-state index contributed by atoms with van der Waals surface area (Å²) < 4.78 is 25.4. The van der Waals surface area contributed by atoms with E-state index in [4.69, 9.17) is 30.5 Å². The van der Waals surface area contributed by atoms with Gasteiger partial charge in [0.2, 0.25) is 0 Å². The van der Waals surface area contributed by atoms with Crippen molar-refractivity contribution >= 4 is 98.1 Å². The number of halogens is 2. The van der Waals surface area contributed by atoms with Gasteiger partial charge in [0.05, 0.1) is 84.4 Å². The van der Waals surface area contributed by atoms with Crippen molar-refractivity contribution in [2.75, 3.05) is 99.3 Å². The molecule has 0 bridgehead atoms. The van der Waals surface area contributed by atoms with Crippen molar-refractivity contribution in [3.63, 3.8) is 0 Å². The van der Waals surface area contributed by atoms with Gasteiger partial charge in [-0.2, -0.15) is 10.2 Å². The Labute approximate surface area is 567 Å². The molecule has 0 atom stereocenters. The first-order valence-corrected chi connectivity index (χ1v) is 32.1. The first-order chi connectivity index (χ1) is 45.9. The lowest BCUT2D eigenvalue weighted by Gasteiger charge is -2.26. The molecule has 4 aromatic heterocycles. The van der Waals surface area contributed by atoms with Gasteiger partial charge in [-0.15, -0.1) is 0 Å². The molecular formula is C70H72BrClN12O12. The second kappa shape index (κ2) is 29.8. The van der Waals surface area contributed by atoms with E-state index in [1.165, 1.54) is 37.2 Å². The zero-order valence-electron chi connectivity index (χ0n) is 54.3. The van der Waals surface area contributed by atoms with Gasteiger partial charge in [0, 0.05) is 74.3 Å². The minimum Gasteiger partial charge on any atom is -0.491 e. The number of rotatable bonds is 11. The maximum Gasteiger partial charge on any atom is 0.290 e. The van der Waals surface area contributed by atoms with Crippen LogP contribution in [0.3, 0.4) is 0 Å². The summed E-state index contributed by atoms with van der Waals surface area (Å²) in [4.78, 5) is 116. The molecule has 0 aliphatic carbocycles. The monoisotopic (exact) mass is 1390 g/mol. The van der Waals surface area contributed by atoms with Crippen molar-refractivity contribution in [2.45, 2.75) is 52.4 Å². The summed E-state index contributed by atoms with van der Waals surface area (Å²) in [7, 11) is 3.02. The van der Waals surface area contributed by atoms with Crippen LogP contribution < -0.4 is 41.0 Å². The number of fused-ring (bicyclic) bond motifs is 2. The van der Waals surface area contributed by atoms with Crippen molar-refractivity contribution in [2.24, 2.45) is 14.1 Å². The van der Waals surface area contributed by atoms with Crippen LogP contribution in [0.4, 0.5) is 34.4 Å². The molecule has 8 aromatic rings. The molecule has 0 saturated carbocycles. The molecule has 4 aliphatic rings. The van der Waals surface area contributed by atoms with Crippen LogP contribution in [-0.2, 0) is 34.4 Å². The fraction of sp³-hybridized carbons (Fsp3) is 0.314. The number of carbonyl (C=O) groups is 6. The zero-order valence-corrected chi connectivity index (χ0v) is 56.7. The molecule has 4 amide bonds. The van der Waals surface area contributed by atoms with Crippen LogP contribution in [-0.4, -0.2) is 154 Å². The Morgan fingerprint density at radius 3 is 1.43 bits per heavy atom. The third kappa shape index (κ3) is 15.7. The van der Waals surface area contributed by atoms with E-state index in [9.17, 15) is 38.4 Å². The largest absolute Gasteiger partial charge is 0.491 e. The van der Waals surface area contributed by atoms with Crippen molar-refractivity contribution in [1.29, 1.82) is 0 Å². The smallest absolute Gasteiger partial charge is 0.290 e. The summed E-state index contributed by atoms with van der Waals surface area (Å²) in [6.45, 7) is 18.1. The molecule has 4 aliphatic heterocycles. The van der Waals surface area contributed by atoms with Crippen LogP contribution in [0.5, 0.6) is 11.5 Å². The molecule has 498 valence electrons. The van der Waals surface area contributed by atoms with Crippen LogP contribution in [0.25, 0.3) is 11.3 Å². The van der Waals surface area contributed by atoms with Gasteiger partial charge in [-0.1, -0.05) is 83.5 Å². The Bertz CT molecular complexity index is 4390. The number of hydrogen-bond acceptors (Lipinski definition) is 18. The van der Waals surface area contributed by atoms with Gasteiger partial charge in [0.25, 0.3) is 34.7 Å². The van der Waals surface area contributed by atoms with Gasteiger partial charge in [-0.3, -0.25) is 38.4 Å². The minimum absolute atomic E-state index is 0.0254. The van der Waals surface area contributed by atoms with E-state index < -0.39 is 5.56 Å². The average molecular weight is 1390 g/mol. The number of aldehydes is 2. The van der Waals surface area contributed by atoms with Crippen LogP contribution in [0, 0.1) is 0 Å². The van der Waals surface area contributed by atoms with E-state index in [0.717, 1.165) is 22.1 Å². The van der Waals surface area contributed by atoms with Gasteiger partial charge < -0.3 is 49.2 Å². The normalized spacial score (nSPS) is 14.8. The number of hydrogen-bond donors (Lipinski definition) is 2. The van der Waals surface area contributed by atoms with Crippen LogP contribution in [0.15, 0.2) is 136 Å². The Morgan fingerprint density at radius 2 is 0.979 bits per heavy atom. The van der Waals surface area contributed by atoms with Gasteiger partial charge >= 0.3 is 0 Å². The predicted octanol–water partition coefficient (Wildman–Crippen LogP) is 9.85. The lowest BCUT2D eigenvalue weighted by molar-refractivity contribution is 0.0301. The molecule has 4 aromatic carbocycles. The molecule has 0 spiro atoms. The number of pyridine rings is 2. The summed E-state index contributed by atoms with van der Waals surface area (Å²) in [5.74, 6) is 1.24. The highest BCUT2D eigenvalue weighted by Crippen LogP contribution is 2.37. The molecular weight excluding hydrogens is 1320 g/mol. The number of nitrogens with zero attached hydrogens (tertiary/aromatic N) is 10. The molecule has 0 unspecified atom stereocenters. The number of benzene rings is 4. The van der Waals surface area contributed by atoms with Crippen LogP contribution in [0.2, 0.25) is 5.15 Å². The molecule has 26 heteroatoms. The number of ether oxygens (including phenoxy) is 4. The second-order valence-electron chi connectivity index (χ2n) is 24.8. The van der Waals surface area contributed by atoms with E-state index in [1.807, 2.05) is 36.4 Å². The highest BCUT2D eigenvalue weighted by molar-refractivity contribution is 9.10. The number of amides is 4. The summed E-state index contributed by atoms with van der Waals surface area (Å²) >= 11 is 9.23. The number of aryl methyl sites for hydroxylation is 2. The highest BCUT2D eigenvalue weighted by Gasteiger charge is 2.31. The first kappa shape index (κ1) is 68.9. The zero-order chi connectivity index (χ0) is 68.6. The molecule has 2 N–H and O–H groups in total. The van der Waals surface area contributed by atoms with Gasteiger partial charge in [-0.25, -0.2) is 19.3 Å². The van der Waals surface area contributed by atoms with E-state index in [0.29, 0.717) is 150 Å². The molecule has 8 heterocycles. The lowest BCUT2D eigenvalue weighted by atomic mass is 9.86. The van der Waals surface area contributed by atoms with Gasteiger partial charge in [0.15, 0.2) is 17.7 Å². The van der Waals surface area contributed by atoms with E-state index >= 15 is 0 Å². The number of aromatic nitrogens is 6. The highest BCUT2D eigenvalue weighted by atomic mass is 79.9. The molecule has 24 nitrogen and oxygen atoms in total. The van der Waals surface area contributed by atoms with Crippen LogP contribution in [0.1, 0.15) is 115 Å². The molecule has 2 saturated heterocycles. The lowest BCUT2D eigenvalue weighted by Crippen LogP contribution is -2.40. The van der Waals surface area contributed by atoms with E-state index in [1.54, 1.807) is 86.3 Å². The van der Waals surface area contributed by atoms with E-state index in [-0.39, 0.29) is 75.3 Å².